The molecular weight excluding hydrogens is 384 g/mol. The van der Waals surface area contributed by atoms with Gasteiger partial charge in [0.25, 0.3) is 0 Å². The summed E-state index contributed by atoms with van der Waals surface area (Å²) in [6.45, 7) is 1.92. The second kappa shape index (κ2) is 8.37. The molecule has 0 unspecified atom stereocenters. The highest BCUT2D eigenvalue weighted by atomic mass is 35.5. The predicted octanol–water partition coefficient (Wildman–Crippen LogP) is 4.74. The van der Waals surface area contributed by atoms with Crippen LogP contribution in [0.15, 0.2) is 30.5 Å². The first-order chi connectivity index (χ1) is 14.2. The number of benzene rings is 1. The lowest BCUT2D eigenvalue weighted by Gasteiger charge is -2.44. The van der Waals surface area contributed by atoms with Crippen molar-refractivity contribution in [2.75, 3.05) is 13.1 Å². The van der Waals surface area contributed by atoms with E-state index in [1.54, 1.807) is 0 Å². The van der Waals surface area contributed by atoms with Crippen LogP contribution in [-0.2, 0) is 0 Å². The van der Waals surface area contributed by atoms with E-state index in [0.717, 1.165) is 36.1 Å². The van der Waals surface area contributed by atoms with Crippen molar-refractivity contribution in [2.24, 2.45) is 5.92 Å². The highest BCUT2D eigenvalue weighted by Gasteiger charge is 2.38. The Bertz CT molecular complexity index is 813. The summed E-state index contributed by atoms with van der Waals surface area (Å²) in [6, 6.07) is 8.37. The van der Waals surface area contributed by atoms with E-state index in [1.807, 2.05) is 16.8 Å². The summed E-state index contributed by atoms with van der Waals surface area (Å²) < 4.78 is 1.93. The van der Waals surface area contributed by atoms with Crippen molar-refractivity contribution in [2.45, 2.75) is 75.5 Å². The Hall–Kier alpha value is -1.43. The highest BCUT2D eigenvalue weighted by molar-refractivity contribution is 6.30. The van der Waals surface area contributed by atoms with Crippen molar-refractivity contribution in [3.05, 3.63) is 46.7 Å². The van der Waals surface area contributed by atoms with Crippen LogP contribution in [0.2, 0.25) is 5.02 Å². The van der Waals surface area contributed by atoms with Crippen LogP contribution in [0.1, 0.15) is 80.6 Å². The number of likely N-dealkylation sites (tertiary alicyclic amines) is 1. The molecule has 2 heterocycles. The summed E-state index contributed by atoms with van der Waals surface area (Å²) in [5, 5.41) is 20.6. The van der Waals surface area contributed by atoms with Crippen LogP contribution in [0.3, 0.4) is 0 Å². The molecule has 2 saturated carbocycles. The summed E-state index contributed by atoms with van der Waals surface area (Å²) in [5.41, 5.74) is 2.34. The van der Waals surface area contributed by atoms with Crippen molar-refractivity contribution < 1.29 is 5.11 Å². The molecule has 0 radical (unpaired) electrons. The smallest absolute Gasteiger partial charge is 0.0923 e. The molecule has 1 N–H and O–H groups in total. The first kappa shape index (κ1) is 19.5. The molecular formula is C23H31ClN4O. The molecule has 5 rings (SSSR count). The third-order valence-corrected chi connectivity index (χ3v) is 7.36. The number of hydrogen-bond acceptors (Lipinski definition) is 4. The molecule has 3 fully saturated rings. The second-order valence-corrected chi connectivity index (χ2v) is 9.73. The van der Waals surface area contributed by atoms with Crippen molar-refractivity contribution in [3.63, 3.8) is 0 Å². The molecule has 5 nitrogen and oxygen atoms in total. The Morgan fingerprint density at radius 1 is 1.03 bits per heavy atom. The average Bonchev–Trinajstić information content (AvgIpc) is 3.48. The number of aliphatic hydroxyl groups is 1. The largest absolute Gasteiger partial charge is 0.391 e. The lowest BCUT2D eigenvalue weighted by molar-refractivity contribution is -0.0154. The molecule has 0 spiro atoms. The molecule has 2 aliphatic carbocycles. The molecule has 29 heavy (non-hydrogen) atoms. The standard InChI is InChI=1S/C23H31ClN4O/c24-19-10-8-18(9-11-19)21-12-23(29)22(28-14-20(25-26-28)17-6-7-17)15-27(21)13-16-4-2-1-3-5-16/h8-11,14,16-17,21-23,29H,1-7,12-13,15H2/t21-,22-,23+/m1/s1. The third-order valence-electron chi connectivity index (χ3n) is 7.11. The van der Waals surface area contributed by atoms with Crippen molar-refractivity contribution in [3.8, 4) is 0 Å². The summed E-state index contributed by atoms with van der Waals surface area (Å²) in [4.78, 5) is 2.59. The van der Waals surface area contributed by atoms with E-state index in [9.17, 15) is 5.11 Å². The van der Waals surface area contributed by atoms with E-state index in [1.165, 1.54) is 50.5 Å². The third kappa shape index (κ3) is 4.37. The van der Waals surface area contributed by atoms with Gasteiger partial charge in [-0.05, 0) is 55.7 Å². The van der Waals surface area contributed by atoms with Crippen LogP contribution in [0.25, 0.3) is 0 Å². The lowest BCUT2D eigenvalue weighted by Crippen LogP contribution is -2.47. The fraction of sp³-hybridized carbons (Fsp3) is 0.652. The maximum Gasteiger partial charge on any atom is 0.0923 e. The van der Waals surface area contributed by atoms with Crippen LogP contribution in [-0.4, -0.2) is 44.2 Å². The first-order valence-corrected chi connectivity index (χ1v) is 11.6. The van der Waals surface area contributed by atoms with Gasteiger partial charge in [-0.3, -0.25) is 4.90 Å². The predicted molar refractivity (Wildman–Crippen MR) is 114 cm³/mol. The number of nitrogens with zero attached hydrogens (tertiary/aromatic N) is 4. The summed E-state index contributed by atoms with van der Waals surface area (Å²) in [7, 11) is 0. The second-order valence-electron chi connectivity index (χ2n) is 9.29. The number of aliphatic hydroxyl groups excluding tert-OH is 1. The number of piperidine rings is 1. The number of halogens is 1. The van der Waals surface area contributed by atoms with Gasteiger partial charge in [-0.15, -0.1) is 5.10 Å². The van der Waals surface area contributed by atoms with Gasteiger partial charge in [0.05, 0.1) is 17.8 Å². The van der Waals surface area contributed by atoms with E-state index >= 15 is 0 Å². The molecule has 0 amide bonds. The monoisotopic (exact) mass is 414 g/mol. The first-order valence-electron chi connectivity index (χ1n) is 11.3. The number of hydrogen-bond donors (Lipinski definition) is 1. The van der Waals surface area contributed by atoms with E-state index in [2.05, 4.69) is 33.5 Å². The van der Waals surface area contributed by atoms with E-state index in [0.29, 0.717) is 5.92 Å². The van der Waals surface area contributed by atoms with Crippen LogP contribution in [0.5, 0.6) is 0 Å². The minimum absolute atomic E-state index is 0.0258. The fourth-order valence-electron chi connectivity index (χ4n) is 5.24. The lowest BCUT2D eigenvalue weighted by atomic mass is 9.85. The Kier molecular flexibility index (Phi) is 5.63. The van der Waals surface area contributed by atoms with Gasteiger partial charge in [0.2, 0.25) is 0 Å². The molecule has 3 atom stereocenters. The molecule has 0 bridgehead atoms. The molecule has 1 saturated heterocycles. The van der Waals surface area contributed by atoms with Crippen LogP contribution in [0.4, 0.5) is 0 Å². The van der Waals surface area contributed by atoms with Gasteiger partial charge in [0, 0.05) is 36.3 Å². The normalized spacial score (nSPS) is 29.2. The molecule has 1 aromatic carbocycles. The summed E-state index contributed by atoms with van der Waals surface area (Å²) in [5.74, 6) is 1.34. The van der Waals surface area contributed by atoms with E-state index < -0.39 is 6.10 Å². The number of rotatable bonds is 5. The molecule has 1 aromatic heterocycles. The molecule has 1 aliphatic heterocycles. The molecule has 6 heteroatoms. The fourth-order valence-corrected chi connectivity index (χ4v) is 5.36. The zero-order valence-corrected chi connectivity index (χ0v) is 17.7. The van der Waals surface area contributed by atoms with Gasteiger partial charge in [-0.2, -0.15) is 0 Å². The van der Waals surface area contributed by atoms with E-state index in [-0.39, 0.29) is 12.1 Å². The van der Waals surface area contributed by atoms with E-state index in [4.69, 9.17) is 11.6 Å². The van der Waals surface area contributed by atoms with Crippen molar-refractivity contribution >= 4 is 11.6 Å². The molecule has 2 aromatic rings. The topological polar surface area (TPSA) is 54.2 Å². The Labute approximate surface area is 178 Å². The van der Waals surface area contributed by atoms with Gasteiger partial charge in [-0.25, -0.2) is 4.68 Å². The Balaban J connectivity index is 1.38. The summed E-state index contributed by atoms with van der Waals surface area (Å²) in [6.07, 6.45) is 11.5. The quantitative estimate of drug-likeness (QED) is 0.767. The van der Waals surface area contributed by atoms with Crippen LogP contribution < -0.4 is 0 Å². The van der Waals surface area contributed by atoms with Gasteiger partial charge in [0.1, 0.15) is 0 Å². The number of aromatic nitrogens is 3. The molecule has 156 valence electrons. The van der Waals surface area contributed by atoms with Gasteiger partial charge < -0.3 is 5.11 Å². The Morgan fingerprint density at radius 2 is 1.79 bits per heavy atom. The Morgan fingerprint density at radius 3 is 2.52 bits per heavy atom. The van der Waals surface area contributed by atoms with Gasteiger partial charge >= 0.3 is 0 Å². The average molecular weight is 415 g/mol. The van der Waals surface area contributed by atoms with Gasteiger partial charge in [-0.1, -0.05) is 48.2 Å². The molecule has 3 aliphatic rings. The highest BCUT2D eigenvalue weighted by Crippen LogP contribution is 2.41. The van der Waals surface area contributed by atoms with Crippen LogP contribution in [0, 0.1) is 5.92 Å². The van der Waals surface area contributed by atoms with Crippen LogP contribution >= 0.6 is 11.6 Å². The summed E-state index contributed by atoms with van der Waals surface area (Å²) >= 11 is 6.13. The zero-order chi connectivity index (χ0) is 19.8. The maximum absolute atomic E-state index is 11.1. The minimum atomic E-state index is -0.424. The van der Waals surface area contributed by atoms with Crippen molar-refractivity contribution in [1.82, 2.24) is 19.9 Å². The minimum Gasteiger partial charge on any atom is -0.391 e. The van der Waals surface area contributed by atoms with Gasteiger partial charge in [0.15, 0.2) is 0 Å². The maximum atomic E-state index is 11.1. The van der Waals surface area contributed by atoms with Crippen molar-refractivity contribution in [1.29, 1.82) is 0 Å². The zero-order valence-electron chi connectivity index (χ0n) is 17.0. The SMILES string of the molecule is O[C@H]1C[C@H](c2ccc(Cl)cc2)N(CC2CCCCC2)C[C@H]1n1cc(C2CC2)nn1.